The van der Waals surface area contributed by atoms with Gasteiger partial charge in [0, 0.05) is 0 Å². The summed E-state index contributed by atoms with van der Waals surface area (Å²) in [7, 11) is 0. The fourth-order valence-electron chi connectivity index (χ4n) is 2.04. The van der Waals surface area contributed by atoms with Gasteiger partial charge in [0.1, 0.15) is 5.70 Å². The highest BCUT2D eigenvalue weighted by Gasteiger charge is 2.25. The Morgan fingerprint density at radius 3 is 2.53 bits per heavy atom. The van der Waals surface area contributed by atoms with Crippen LogP contribution in [0.15, 0.2) is 11.3 Å². The zero-order valence-electron chi connectivity index (χ0n) is 10.5. The summed E-state index contributed by atoms with van der Waals surface area (Å²) >= 11 is 0. The van der Waals surface area contributed by atoms with E-state index in [4.69, 9.17) is 9.47 Å². The number of ether oxygens (including phenoxy) is 2. The fourth-order valence-corrected chi connectivity index (χ4v) is 2.04. The van der Waals surface area contributed by atoms with Crippen molar-refractivity contribution in [3.05, 3.63) is 11.3 Å². The zero-order valence-corrected chi connectivity index (χ0v) is 10.5. The van der Waals surface area contributed by atoms with Crippen LogP contribution in [0.1, 0.15) is 33.6 Å². The van der Waals surface area contributed by atoms with Crippen LogP contribution in [0.5, 0.6) is 0 Å². The first-order valence-corrected chi connectivity index (χ1v) is 5.83. The number of rotatable bonds is 4. The summed E-state index contributed by atoms with van der Waals surface area (Å²) in [6, 6.07) is 0. The van der Waals surface area contributed by atoms with Crippen LogP contribution in [0.3, 0.4) is 0 Å². The van der Waals surface area contributed by atoms with Crippen molar-refractivity contribution in [1.29, 1.82) is 0 Å². The lowest BCUT2D eigenvalue weighted by Gasteiger charge is -2.28. The first kappa shape index (κ1) is 13.7. The Kier molecular flexibility index (Phi) is 5.15. The molecule has 1 saturated heterocycles. The molecule has 0 aromatic heterocycles. The lowest BCUT2D eigenvalue weighted by atomic mass is 9.97. The van der Waals surface area contributed by atoms with E-state index in [0.717, 1.165) is 5.57 Å². The molecular formula is C12H19NO4. The first-order chi connectivity index (χ1) is 8.08. The van der Waals surface area contributed by atoms with Crippen molar-refractivity contribution in [2.24, 2.45) is 0 Å². The average molecular weight is 241 g/mol. The second kappa shape index (κ2) is 6.39. The van der Waals surface area contributed by atoms with Crippen molar-refractivity contribution >= 4 is 12.4 Å². The van der Waals surface area contributed by atoms with Gasteiger partial charge in [0.25, 0.3) is 0 Å². The van der Waals surface area contributed by atoms with Crippen LogP contribution in [-0.4, -0.2) is 31.2 Å². The lowest BCUT2D eigenvalue weighted by Crippen LogP contribution is -2.30. The largest absolute Gasteiger partial charge is 0.461 e. The van der Waals surface area contributed by atoms with Gasteiger partial charge in [-0.3, -0.25) is 4.79 Å². The van der Waals surface area contributed by atoms with Crippen molar-refractivity contribution < 1.29 is 19.1 Å². The molecule has 0 aliphatic carbocycles. The van der Waals surface area contributed by atoms with E-state index in [0.29, 0.717) is 19.3 Å². The highest BCUT2D eigenvalue weighted by atomic mass is 16.5. The number of hydrogen-bond acceptors (Lipinski definition) is 4. The monoisotopic (exact) mass is 241 g/mol. The summed E-state index contributed by atoms with van der Waals surface area (Å²) in [5, 5.41) is 2.45. The maximum absolute atomic E-state index is 11.7. The van der Waals surface area contributed by atoms with Crippen LogP contribution >= 0.6 is 0 Å². The van der Waals surface area contributed by atoms with Gasteiger partial charge in [-0.15, -0.1) is 0 Å². The molecule has 1 fully saturated rings. The van der Waals surface area contributed by atoms with Gasteiger partial charge in [-0.05, 0) is 39.2 Å². The summed E-state index contributed by atoms with van der Waals surface area (Å²) in [5.41, 5.74) is 1.16. The molecule has 5 heteroatoms. The molecule has 96 valence electrons. The molecule has 0 spiro atoms. The molecule has 0 aromatic carbocycles. The van der Waals surface area contributed by atoms with E-state index in [1.54, 1.807) is 6.92 Å². The standard InChI is InChI=1S/C12H19NO4/c1-4-16-12(15)11(13-7-14)10-5-8(2)17-9(3)6-10/h7-9H,4-6H2,1-3H3,(H,13,14)/t8-,9-/m1/s1. The van der Waals surface area contributed by atoms with Gasteiger partial charge in [0.05, 0.1) is 18.8 Å². The van der Waals surface area contributed by atoms with Crippen LogP contribution in [-0.2, 0) is 19.1 Å². The fraction of sp³-hybridized carbons (Fsp3) is 0.667. The molecule has 0 unspecified atom stereocenters. The van der Waals surface area contributed by atoms with Crippen molar-refractivity contribution in [2.45, 2.75) is 45.8 Å². The van der Waals surface area contributed by atoms with E-state index < -0.39 is 5.97 Å². The van der Waals surface area contributed by atoms with Crippen LogP contribution in [0.2, 0.25) is 0 Å². The second-order valence-corrected chi connectivity index (χ2v) is 4.13. The van der Waals surface area contributed by atoms with Crippen LogP contribution in [0.4, 0.5) is 0 Å². The second-order valence-electron chi connectivity index (χ2n) is 4.13. The van der Waals surface area contributed by atoms with Gasteiger partial charge in [0.15, 0.2) is 0 Å². The normalized spacial score (nSPS) is 24.1. The Bertz CT molecular complexity index is 312. The van der Waals surface area contributed by atoms with E-state index in [1.807, 2.05) is 13.8 Å². The molecule has 5 nitrogen and oxygen atoms in total. The van der Waals surface area contributed by atoms with E-state index in [-0.39, 0.29) is 24.5 Å². The van der Waals surface area contributed by atoms with Gasteiger partial charge >= 0.3 is 5.97 Å². The maximum atomic E-state index is 11.7. The highest BCUT2D eigenvalue weighted by molar-refractivity contribution is 5.91. The SMILES string of the molecule is CCOC(=O)C(NC=O)=C1C[C@@H](C)O[C@H](C)C1. The van der Waals surface area contributed by atoms with Crippen LogP contribution in [0, 0.1) is 0 Å². The molecule has 0 bridgehead atoms. The Morgan fingerprint density at radius 2 is 2.06 bits per heavy atom. The molecule has 0 saturated carbocycles. The Balaban J connectivity index is 2.92. The predicted molar refractivity (Wildman–Crippen MR) is 62.1 cm³/mol. The molecular weight excluding hydrogens is 222 g/mol. The molecule has 0 aromatic rings. The van der Waals surface area contributed by atoms with Gasteiger partial charge in [0.2, 0.25) is 6.41 Å². The summed E-state index contributed by atoms with van der Waals surface area (Å²) in [5.74, 6) is -0.476. The molecule has 2 atom stereocenters. The van der Waals surface area contributed by atoms with Crippen LogP contribution < -0.4 is 5.32 Å². The number of esters is 1. The Labute approximate surface area is 101 Å². The van der Waals surface area contributed by atoms with Crippen molar-refractivity contribution in [2.75, 3.05) is 6.61 Å². The van der Waals surface area contributed by atoms with Crippen LogP contribution in [0.25, 0.3) is 0 Å². The number of carbonyl (C=O) groups excluding carboxylic acids is 2. The summed E-state index contributed by atoms with van der Waals surface area (Å²) in [6.07, 6.45) is 1.88. The zero-order chi connectivity index (χ0) is 12.8. The average Bonchev–Trinajstić information content (AvgIpc) is 2.24. The Morgan fingerprint density at radius 1 is 1.47 bits per heavy atom. The first-order valence-electron chi connectivity index (χ1n) is 5.83. The maximum Gasteiger partial charge on any atom is 0.354 e. The summed E-state index contributed by atoms with van der Waals surface area (Å²) in [4.78, 5) is 22.2. The third-order valence-electron chi connectivity index (χ3n) is 2.57. The number of hydrogen-bond donors (Lipinski definition) is 1. The molecule has 1 N–H and O–H groups in total. The van der Waals surface area contributed by atoms with E-state index in [1.165, 1.54) is 0 Å². The smallest absolute Gasteiger partial charge is 0.354 e. The molecule has 0 radical (unpaired) electrons. The molecule has 1 aliphatic heterocycles. The van der Waals surface area contributed by atoms with Gasteiger partial charge in [-0.2, -0.15) is 0 Å². The minimum atomic E-state index is -0.476. The van der Waals surface area contributed by atoms with E-state index in [2.05, 4.69) is 5.32 Å². The number of amides is 1. The molecule has 1 heterocycles. The minimum absolute atomic E-state index is 0.0478. The molecule has 1 aliphatic rings. The van der Waals surface area contributed by atoms with Crippen molar-refractivity contribution in [1.82, 2.24) is 5.32 Å². The van der Waals surface area contributed by atoms with Crippen molar-refractivity contribution in [3.8, 4) is 0 Å². The summed E-state index contributed by atoms with van der Waals surface area (Å²) < 4.78 is 10.5. The van der Waals surface area contributed by atoms with Crippen molar-refractivity contribution in [3.63, 3.8) is 0 Å². The van der Waals surface area contributed by atoms with Gasteiger partial charge in [-0.25, -0.2) is 4.79 Å². The minimum Gasteiger partial charge on any atom is -0.461 e. The highest BCUT2D eigenvalue weighted by Crippen LogP contribution is 2.26. The molecule has 1 rings (SSSR count). The van der Waals surface area contributed by atoms with E-state index in [9.17, 15) is 9.59 Å². The third-order valence-corrected chi connectivity index (χ3v) is 2.57. The Hall–Kier alpha value is -1.36. The summed E-state index contributed by atoms with van der Waals surface area (Å²) in [6.45, 7) is 5.91. The lowest BCUT2D eigenvalue weighted by molar-refractivity contribution is -0.139. The van der Waals surface area contributed by atoms with Gasteiger partial charge in [-0.1, -0.05) is 0 Å². The molecule has 17 heavy (non-hydrogen) atoms. The number of nitrogens with one attached hydrogen (secondary N) is 1. The van der Waals surface area contributed by atoms with Gasteiger partial charge < -0.3 is 14.8 Å². The molecule has 1 amide bonds. The predicted octanol–water partition coefficient (Wildman–Crippen LogP) is 1.14. The quantitative estimate of drug-likeness (QED) is 0.455. The van der Waals surface area contributed by atoms with E-state index >= 15 is 0 Å². The topological polar surface area (TPSA) is 64.6 Å². The third kappa shape index (κ3) is 3.85. The number of carbonyl (C=O) groups is 2.